The molecule has 3 aromatic rings. The van der Waals surface area contributed by atoms with Crippen molar-refractivity contribution < 1.29 is 14.4 Å². The van der Waals surface area contributed by atoms with Crippen LogP contribution in [0.1, 0.15) is 34.7 Å². The monoisotopic (exact) mass is 470 g/mol. The third-order valence-corrected chi connectivity index (χ3v) is 7.96. The molecule has 1 heterocycles. The molecule has 1 saturated heterocycles. The first kappa shape index (κ1) is 21.1. The van der Waals surface area contributed by atoms with E-state index in [0.29, 0.717) is 27.9 Å². The van der Waals surface area contributed by atoms with Gasteiger partial charge in [0.2, 0.25) is 11.8 Å². The summed E-state index contributed by atoms with van der Waals surface area (Å²) < 4.78 is 0. The van der Waals surface area contributed by atoms with Gasteiger partial charge in [-0.3, -0.25) is 19.3 Å². The van der Waals surface area contributed by atoms with Crippen LogP contribution < -0.4 is 10.2 Å². The SMILES string of the molecule is O=C(Nc1ccc(Cl)cc1)c1cccc(N2C(=O)[C@@H]3[C@@H]4C[C@H]([C@H]3C2=O)[C@H](c2ccccc2)C4)c1. The van der Waals surface area contributed by atoms with E-state index in [4.69, 9.17) is 11.6 Å². The van der Waals surface area contributed by atoms with E-state index in [1.165, 1.54) is 10.5 Å². The molecule has 0 radical (unpaired) electrons. The van der Waals surface area contributed by atoms with E-state index in [1.54, 1.807) is 48.5 Å². The summed E-state index contributed by atoms with van der Waals surface area (Å²) in [6.45, 7) is 0. The first-order valence-corrected chi connectivity index (χ1v) is 12.0. The normalized spacial score (nSPS) is 27.2. The molecular formula is C28H23ClN2O3. The molecule has 5 nitrogen and oxygen atoms in total. The van der Waals surface area contributed by atoms with E-state index in [9.17, 15) is 14.4 Å². The molecule has 6 heteroatoms. The van der Waals surface area contributed by atoms with Crippen LogP contribution in [0.2, 0.25) is 5.02 Å². The van der Waals surface area contributed by atoms with Crippen molar-refractivity contribution in [1.29, 1.82) is 0 Å². The minimum Gasteiger partial charge on any atom is -0.322 e. The summed E-state index contributed by atoms with van der Waals surface area (Å²) in [5.41, 5.74) is 2.72. The van der Waals surface area contributed by atoms with Gasteiger partial charge in [0.15, 0.2) is 0 Å². The molecule has 1 aliphatic heterocycles. The standard InChI is InChI=1S/C28H23ClN2O3/c29-19-9-11-20(12-10-19)30-26(32)17-7-4-8-21(13-17)31-27(33)24-18-14-22(16-5-2-1-3-6-16)23(15-18)25(24)28(31)34/h1-13,18,22-25H,14-15H2,(H,30,32)/t18-,22-,23-,24+,25+/m0/s1. The molecule has 0 aromatic heterocycles. The number of benzene rings is 3. The Kier molecular flexibility index (Phi) is 5.03. The molecule has 3 aliphatic rings. The molecule has 2 saturated carbocycles. The van der Waals surface area contributed by atoms with Crippen LogP contribution in [-0.4, -0.2) is 17.7 Å². The number of hydrogen-bond acceptors (Lipinski definition) is 3. The summed E-state index contributed by atoms with van der Waals surface area (Å²) >= 11 is 5.91. The lowest BCUT2D eigenvalue weighted by Gasteiger charge is -2.28. The van der Waals surface area contributed by atoms with Crippen molar-refractivity contribution in [2.75, 3.05) is 10.2 Å². The van der Waals surface area contributed by atoms with Crippen molar-refractivity contribution in [3.05, 3.63) is 95.0 Å². The molecule has 1 N–H and O–H groups in total. The van der Waals surface area contributed by atoms with Crippen LogP contribution in [0.5, 0.6) is 0 Å². The van der Waals surface area contributed by atoms with Crippen molar-refractivity contribution >= 4 is 40.7 Å². The topological polar surface area (TPSA) is 66.5 Å². The van der Waals surface area contributed by atoms with E-state index < -0.39 is 0 Å². The first-order chi connectivity index (χ1) is 16.5. The van der Waals surface area contributed by atoms with Gasteiger partial charge in [-0.2, -0.15) is 0 Å². The predicted molar refractivity (Wildman–Crippen MR) is 131 cm³/mol. The Morgan fingerprint density at radius 1 is 0.853 bits per heavy atom. The molecular weight excluding hydrogens is 448 g/mol. The van der Waals surface area contributed by atoms with Gasteiger partial charge in [0.1, 0.15) is 0 Å². The minimum atomic E-state index is -0.312. The fourth-order valence-electron chi connectivity index (χ4n) is 6.32. The molecule has 3 amide bonds. The number of halogens is 1. The number of anilines is 2. The van der Waals surface area contributed by atoms with Gasteiger partial charge < -0.3 is 5.32 Å². The second-order valence-electron chi connectivity index (χ2n) is 9.49. The first-order valence-electron chi connectivity index (χ1n) is 11.6. The maximum Gasteiger partial charge on any atom is 0.255 e. The zero-order valence-corrected chi connectivity index (χ0v) is 19.1. The summed E-state index contributed by atoms with van der Waals surface area (Å²) in [6, 6.07) is 23.9. The number of imide groups is 1. The van der Waals surface area contributed by atoms with Gasteiger partial charge in [-0.25, -0.2) is 0 Å². The van der Waals surface area contributed by atoms with Gasteiger partial charge in [-0.05, 0) is 78.6 Å². The second kappa shape index (κ2) is 8.10. The molecule has 3 fully saturated rings. The molecule has 2 aliphatic carbocycles. The minimum absolute atomic E-state index is 0.121. The number of carbonyl (C=O) groups is 3. The average Bonchev–Trinajstić information content (AvgIpc) is 3.52. The largest absolute Gasteiger partial charge is 0.322 e. The van der Waals surface area contributed by atoms with E-state index >= 15 is 0 Å². The Balaban J connectivity index is 1.25. The summed E-state index contributed by atoms with van der Waals surface area (Å²) in [6.07, 6.45) is 1.88. The highest BCUT2D eigenvalue weighted by Crippen LogP contribution is 2.61. The van der Waals surface area contributed by atoms with E-state index in [-0.39, 0.29) is 41.4 Å². The number of rotatable bonds is 4. The van der Waals surface area contributed by atoms with Gasteiger partial charge in [0, 0.05) is 16.3 Å². The van der Waals surface area contributed by atoms with Gasteiger partial charge in [0.05, 0.1) is 17.5 Å². The maximum absolute atomic E-state index is 13.6. The van der Waals surface area contributed by atoms with Gasteiger partial charge in [0.25, 0.3) is 5.91 Å². The van der Waals surface area contributed by atoms with Crippen molar-refractivity contribution in [2.24, 2.45) is 23.7 Å². The van der Waals surface area contributed by atoms with E-state index in [2.05, 4.69) is 17.4 Å². The number of hydrogen-bond donors (Lipinski definition) is 1. The van der Waals surface area contributed by atoms with E-state index in [0.717, 1.165) is 12.8 Å². The quantitative estimate of drug-likeness (QED) is 0.510. The smallest absolute Gasteiger partial charge is 0.255 e. The molecule has 34 heavy (non-hydrogen) atoms. The lowest BCUT2D eigenvalue weighted by atomic mass is 9.73. The van der Waals surface area contributed by atoms with Crippen molar-refractivity contribution in [1.82, 2.24) is 0 Å². The summed E-state index contributed by atoms with van der Waals surface area (Å²) in [5.74, 6) is -0.337. The molecule has 5 atom stereocenters. The number of nitrogens with zero attached hydrogens (tertiary/aromatic N) is 1. The molecule has 2 bridgehead atoms. The third-order valence-electron chi connectivity index (χ3n) is 7.71. The van der Waals surface area contributed by atoms with Crippen LogP contribution in [-0.2, 0) is 9.59 Å². The number of amides is 3. The second-order valence-corrected chi connectivity index (χ2v) is 9.92. The summed E-state index contributed by atoms with van der Waals surface area (Å²) in [7, 11) is 0. The number of fused-ring (bicyclic) bond motifs is 5. The fourth-order valence-corrected chi connectivity index (χ4v) is 6.45. The Morgan fingerprint density at radius 3 is 2.35 bits per heavy atom. The summed E-state index contributed by atoms with van der Waals surface area (Å²) in [4.78, 5) is 41.1. The summed E-state index contributed by atoms with van der Waals surface area (Å²) in [5, 5.41) is 3.41. The number of nitrogens with one attached hydrogen (secondary N) is 1. The Hall–Kier alpha value is -3.44. The highest BCUT2D eigenvalue weighted by Gasteiger charge is 2.64. The van der Waals surface area contributed by atoms with Crippen LogP contribution in [0.4, 0.5) is 11.4 Å². The fraction of sp³-hybridized carbons (Fsp3) is 0.250. The van der Waals surface area contributed by atoms with Crippen LogP contribution in [0.3, 0.4) is 0 Å². The zero-order chi connectivity index (χ0) is 23.4. The van der Waals surface area contributed by atoms with Crippen molar-refractivity contribution in [2.45, 2.75) is 18.8 Å². The van der Waals surface area contributed by atoms with Crippen LogP contribution in [0, 0.1) is 23.7 Å². The predicted octanol–water partition coefficient (Wildman–Crippen LogP) is 5.52. The molecule has 170 valence electrons. The van der Waals surface area contributed by atoms with Gasteiger partial charge >= 0.3 is 0 Å². The maximum atomic E-state index is 13.6. The number of carbonyl (C=O) groups excluding carboxylic acids is 3. The highest BCUT2D eigenvalue weighted by molar-refractivity contribution is 6.30. The molecule has 6 rings (SSSR count). The Labute approximate surface area is 202 Å². The van der Waals surface area contributed by atoms with Crippen molar-refractivity contribution in [3.8, 4) is 0 Å². The van der Waals surface area contributed by atoms with Crippen LogP contribution >= 0.6 is 11.6 Å². The van der Waals surface area contributed by atoms with Crippen LogP contribution in [0.15, 0.2) is 78.9 Å². The average molecular weight is 471 g/mol. The van der Waals surface area contributed by atoms with Crippen LogP contribution in [0.25, 0.3) is 0 Å². The lowest BCUT2D eigenvalue weighted by Crippen LogP contribution is -2.33. The van der Waals surface area contributed by atoms with E-state index in [1.807, 2.05) is 18.2 Å². The Bertz CT molecular complexity index is 1290. The molecule has 0 unspecified atom stereocenters. The lowest BCUT2D eigenvalue weighted by molar-refractivity contribution is -0.123. The zero-order valence-electron chi connectivity index (χ0n) is 18.4. The molecule has 3 aromatic carbocycles. The van der Waals surface area contributed by atoms with Crippen molar-refractivity contribution in [3.63, 3.8) is 0 Å². The highest BCUT2D eigenvalue weighted by atomic mass is 35.5. The molecule has 0 spiro atoms. The van der Waals surface area contributed by atoms with Gasteiger partial charge in [-0.1, -0.05) is 48.0 Å². The Morgan fingerprint density at radius 2 is 1.59 bits per heavy atom. The third kappa shape index (κ3) is 3.34. The van der Waals surface area contributed by atoms with Gasteiger partial charge in [-0.15, -0.1) is 0 Å².